The van der Waals surface area contributed by atoms with Gasteiger partial charge in [-0.3, -0.25) is 0 Å². The summed E-state index contributed by atoms with van der Waals surface area (Å²) in [6.45, 7) is 5.01. The lowest BCUT2D eigenvalue weighted by molar-refractivity contribution is 0.167. The Kier molecular flexibility index (Phi) is 5.08. The summed E-state index contributed by atoms with van der Waals surface area (Å²) >= 11 is 1.68. The summed E-state index contributed by atoms with van der Waals surface area (Å²) in [5.41, 5.74) is -0.0922. The smallest absolute Gasteiger partial charge is 0.129 e. The van der Waals surface area contributed by atoms with Gasteiger partial charge in [-0.1, -0.05) is 19.9 Å². The van der Waals surface area contributed by atoms with E-state index in [1.165, 1.54) is 4.88 Å². The summed E-state index contributed by atoms with van der Waals surface area (Å²) in [7, 11) is 0. The highest BCUT2D eigenvalue weighted by molar-refractivity contribution is 7.10. The van der Waals surface area contributed by atoms with Crippen molar-refractivity contribution in [3.8, 4) is 0 Å². The Morgan fingerprint density at radius 1 is 1.29 bits per heavy atom. The molecule has 2 N–H and O–H groups in total. The van der Waals surface area contributed by atoms with Crippen molar-refractivity contribution in [3.05, 3.63) is 57.8 Å². The first-order valence-corrected chi connectivity index (χ1v) is 7.66. The topological polar surface area (TPSA) is 32.3 Å². The molecule has 0 aliphatic carbocycles. The van der Waals surface area contributed by atoms with Crippen molar-refractivity contribution >= 4 is 11.3 Å². The Bertz CT molecular complexity index is 584. The van der Waals surface area contributed by atoms with E-state index in [1.54, 1.807) is 11.3 Å². The number of hydrogen-bond acceptors (Lipinski definition) is 3. The van der Waals surface area contributed by atoms with Crippen LogP contribution in [0.15, 0.2) is 35.7 Å². The molecule has 2 aromatic rings. The molecular weight excluding hydrogens is 292 g/mol. The third-order valence-electron chi connectivity index (χ3n) is 3.41. The maximum atomic E-state index is 13.6. The lowest BCUT2D eigenvalue weighted by Gasteiger charge is -2.24. The molecule has 0 aliphatic heterocycles. The van der Waals surface area contributed by atoms with Crippen LogP contribution in [0.5, 0.6) is 0 Å². The number of thiophene rings is 1. The second-order valence-corrected chi connectivity index (χ2v) is 6.62. The minimum Gasteiger partial charge on any atom is -0.387 e. The van der Waals surface area contributed by atoms with Crippen molar-refractivity contribution in [2.45, 2.75) is 25.4 Å². The molecule has 1 atom stereocenters. The van der Waals surface area contributed by atoms with Crippen molar-refractivity contribution in [3.63, 3.8) is 0 Å². The summed E-state index contributed by atoms with van der Waals surface area (Å²) < 4.78 is 26.7. The van der Waals surface area contributed by atoms with E-state index < -0.39 is 17.7 Å². The number of aliphatic hydroxyl groups excluding tert-OH is 1. The molecule has 0 fully saturated rings. The van der Waals surface area contributed by atoms with Gasteiger partial charge in [0.1, 0.15) is 11.6 Å². The molecule has 1 aromatic heterocycles. The van der Waals surface area contributed by atoms with E-state index in [-0.39, 0.29) is 17.5 Å². The van der Waals surface area contributed by atoms with Crippen LogP contribution in [-0.4, -0.2) is 18.2 Å². The van der Waals surface area contributed by atoms with E-state index in [1.807, 2.05) is 11.4 Å². The first kappa shape index (κ1) is 16.1. The molecule has 0 saturated heterocycles. The largest absolute Gasteiger partial charge is 0.387 e. The van der Waals surface area contributed by atoms with Gasteiger partial charge in [0, 0.05) is 28.9 Å². The number of aliphatic hydroxyl groups is 1. The molecule has 2 rings (SSSR count). The summed E-state index contributed by atoms with van der Waals surface area (Å²) in [5, 5.41) is 15.1. The number of hydrogen-bond donors (Lipinski definition) is 2. The SMILES string of the molecule is CC(C)(CNCC(O)c1cc(F)ccc1F)c1cccs1. The van der Waals surface area contributed by atoms with Crippen molar-refractivity contribution in [1.29, 1.82) is 0 Å². The molecule has 1 heterocycles. The van der Waals surface area contributed by atoms with Gasteiger partial charge in [0.2, 0.25) is 0 Å². The predicted octanol–water partition coefficient (Wildman–Crippen LogP) is 3.63. The number of rotatable bonds is 6. The van der Waals surface area contributed by atoms with E-state index in [9.17, 15) is 13.9 Å². The van der Waals surface area contributed by atoms with Crippen molar-refractivity contribution in [2.75, 3.05) is 13.1 Å². The summed E-state index contributed by atoms with van der Waals surface area (Å²) in [6.07, 6.45) is -1.07. The van der Waals surface area contributed by atoms with Crippen molar-refractivity contribution in [2.24, 2.45) is 0 Å². The highest BCUT2D eigenvalue weighted by atomic mass is 32.1. The van der Waals surface area contributed by atoms with E-state index >= 15 is 0 Å². The highest BCUT2D eigenvalue weighted by Gasteiger charge is 2.22. The van der Waals surface area contributed by atoms with Crippen molar-refractivity contribution in [1.82, 2.24) is 5.32 Å². The average molecular weight is 311 g/mol. The highest BCUT2D eigenvalue weighted by Crippen LogP contribution is 2.27. The molecule has 0 spiro atoms. The lowest BCUT2D eigenvalue weighted by atomic mass is 9.91. The summed E-state index contributed by atoms with van der Waals surface area (Å²) in [4.78, 5) is 1.24. The molecule has 5 heteroatoms. The Hall–Kier alpha value is -1.30. The maximum Gasteiger partial charge on any atom is 0.129 e. The van der Waals surface area contributed by atoms with Crippen LogP contribution >= 0.6 is 11.3 Å². The van der Waals surface area contributed by atoms with Crippen LogP contribution in [0.2, 0.25) is 0 Å². The fraction of sp³-hybridized carbons (Fsp3) is 0.375. The lowest BCUT2D eigenvalue weighted by Crippen LogP contribution is -2.34. The van der Waals surface area contributed by atoms with Gasteiger partial charge < -0.3 is 10.4 Å². The Labute approximate surface area is 127 Å². The van der Waals surface area contributed by atoms with Crippen LogP contribution in [0.3, 0.4) is 0 Å². The van der Waals surface area contributed by atoms with Crippen LogP contribution < -0.4 is 5.32 Å². The molecular formula is C16H19F2NOS. The van der Waals surface area contributed by atoms with Crippen molar-refractivity contribution < 1.29 is 13.9 Å². The average Bonchev–Trinajstić information content (AvgIpc) is 2.96. The fourth-order valence-corrected chi connectivity index (χ4v) is 3.00. The number of halogens is 2. The standard InChI is InChI=1S/C16H19F2NOS/c1-16(2,15-4-3-7-21-15)10-19-9-14(20)12-8-11(17)5-6-13(12)18/h3-8,14,19-20H,9-10H2,1-2H3. The molecule has 21 heavy (non-hydrogen) atoms. The van der Waals surface area contributed by atoms with Gasteiger partial charge >= 0.3 is 0 Å². The van der Waals surface area contributed by atoms with E-state index in [0.29, 0.717) is 6.54 Å². The Morgan fingerprint density at radius 2 is 2.05 bits per heavy atom. The first-order valence-electron chi connectivity index (χ1n) is 6.78. The molecule has 0 bridgehead atoms. The minimum atomic E-state index is -1.07. The van der Waals surface area contributed by atoms with Crippen LogP contribution in [0.25, 0.3) is 0 Å². The molecule has 2 nitrogen and oxygen atoms in total. The predicted molar refractivity (Wildman–Crippen MR) is 81.5 cm³/mol. The Morgan fingerprint density at radius 3 is 2.71 bits per heavy atom. The second kappa shape index (κ2) is 6.64. The maximum absolute atomic E-state index is 13.6. The third-order valence-corrected chi connectivity index (χ3v) is 4.65. The van der Waals surface area contributed by atoms with Gasteiger partial charge in [0.15, 0.2) is 0 Å². The van der Waals surface area contributed by atoms with Gasteiger partial charge in [-0.25, -0.2) is 8.78 Å². The van der Waals surface area contributed by atoms with Gasteiger partial charge in [-0.2, -0.15) is 0 Å². The number of benzene rings is 1. The van der Waals surface area contributed by atoms with E-state index in [4.69, 9.17) is 0 Å². The monoisotopic (exact) mass is 311 g/mol. The molecule has 1 aromatic carbocycles. The van der Waals surface area contributed by atoms with Crippen LogP contribution in [0, 0.1) is 11.6 Å². The molecule has 114 valence electrons. The fourth-order valence-electron chi connectivity index (χ4n) is 2.15. The van der Waals surface area contributed by atoms with Crippen LogP contribution in [0.4, 0.5) is 8.78 Å². The van der Waals surface area contributed by atoms with Gasteiger partial charge in [-0.15, -0.1) is 11.3 Å². The van der Waals surface area contributed by atoms with Gasteiger partial charge in [-0.05, 0) is 29.6 Å². The quantitative estimate of drug-likeness (QED) is 0.854. The van der Waals surface area contributed by atoms with E-state index in [2.05, 4.69) is 25.2 Å². The molecule has 0 saturated carbocycles. The zero-order chi connectivity index (χ0) is 15.5. The van der Waals surface area contributed by atoms with Crippen LogP contribution in [0.1, 0.15) is 30.4 Å². The molecule has 1 unspecified atom stereocenters. The molecule has 0 radical (unpaired) electrons. The van der Waals surface area contributed by atoms with Crippen LogP contribution in [-0.2, 0) is 5.41 Å². The normalized spacial score (nSPS) is 13.4. The molecule has 0 amide bonds. The minimum absolute atomic E-state index is 0.0172. The zero-order valence-corrected chi connectivity index (χ0v) is 12.9. The third kappa shape index (κ3) is 4.09. The Balaban J connectivity index is 1.92. The summed E-state index contributed by atoms with van der Waals surface area (Å²) in [5.74, 6) is -1.15. The molecule has 0 aliphatic rings. The zero-order valence-electron chi connectivity index (χ0n) is 12.1. The summed E-state index contributed by atoms with van der Waals surface area (Å²) in [6, 6.07) is 7.17. The first-order chi connectivity index (χ1) is 9.90. The number of nitrogens with one attached hydrogen (secondary N) is 1. The van der Waals surface area contributed by atoms with E-state index in [0.717, 1.165) is 18.2 Å². The van der Waals surface area contributed by atoms with Gasteiger partial charge in [0.25, 0.3) is 0 Å². The van der Waals surface area contributed by atoms with Gasteiger partial charge in [0.05, 0.1) is 6.10 Å². The second-order valence-electron chi connectivity index (χ2n) is 5.67.